The van der Waals surface area contributed by atoms with Gasteiger partial charge in [0, 0.05) is 16.8 Å². The van der Waals surface area contributed by atoms with Gasteiger partial charge in [0.15, 0.2) is 5.43 Å². The normalized spacial score (nSPS) is 15.4. The second-order valence-electron chi connectivity index (χ2n) is 7.81. The molecule has 27 heavy (non-hydrogen) atoms. The van der Waals surface area contributed by atoms with Crippen molar-refractivity contribution in [2.24, 2.45) is 0 Å². The molecular weight excluding hydrogens is 334 g/mol. The molecule has 1 aromatic heterocycles. The van der Waals surface area contributed by atoms with E-state index in [1.165, 1.54) is 16.2 Å². The molecule has 1 saturated heterocycles. The van der Waals surface area contributed by atoms with Crippen LogP contribution in [0.25, 0.3) is 10.9 Å². The topological polar surface area (TPSA) is 40.5 Å². The van der Waals surface area contributed by atoms with Crippen LogP contribution in [0.3, 0.4) is 0 Å². The van der Waals surface area contributed by atoms with Gasteiger partial charge in [-0.3, -0.25) is 4.79 Å². The van der Waals surface area contributed by atoms with Crippen molar-refractivity contribution in [1.29, 1.82) is 0 Å². The van der Waals surface area contributed by atoms with Crippen molar-refractivity contribution in [3.8, 4) is 0 Å². The molecule has 1 aliphatic rings. The van der Waals surface area contributed by atoms with E-state index in [1.807, 2.05) is 13.8 Å². The van der Waals surface area contributed by atoms with Gasteiger partial charge in [-0.25, -0.2) is 0 Å². The summed E-state index contributed by atoms with van der Waals surface area (Å²) in [4.78, 5) is 20.6. The Morgan fingerprint density at radius 3 is 2.44 bits per heavy atom. The Hall–Kier alpha value is -2.59. The van der Waals surface area contributed by atoms with E-state index in [0.29, 0.717) is 0 Å². The van der Waals surface area contributed by atoms with Gasteiger partial charge < -0.3 is 14.8 Å². The van der Waals surface area contributed by atoms with Crippen LogP contribution in [0, 0.1) is 20.8 Å². The zero-order valence-electron chi connectivity index (χ0n) is 16.4. The summed E-state index contributed by atoms with van der Waals surface area (Å²) in [6.45, 7) is 11.1. The van der Waals surface area contributed by atoms with Crippen molar-refractivity contribution in [2.45, 2.75) is 27.3 Å². The van der Waals surface area contributed by atoms with Gasteiger partial charge in [-0.1, -0.05) is 24.3 Å². The van der Waals surface area contributed by atoms with E-state index >= 15 is 0 Å². The van der Waals surface area contributed by atoms with Crippen molar-refractivity contribution in [2.75, 3.05) is 31.1 Å². The number of nitrogens with one attached hydrogen (secondary N) is 2. The molecule has 0 bridgehead atoms. The van der Waals surface area contributed by atoms with Crippen LogP contribution in [0.2, 0.25) is 0 Å². The molecule has 0 atom stereocenters. The smallest absolute Gasteiger partial charge is 0.198 e. The summed E-state index contributed by atoms with van der Waals surface area (Å²) in [5.74, 6) is 0. The number of nitrogens with zero attached hydrogens (tertiary/aromatic N) is 1. The van der Waals surface area contributed by atoms with E-state index in [9.17, 15) is 4.79 Å². The average Bonchev–Trinajstić information content (AvgIpc) is 2.65. The minimum Gasteiger partial charge on any atom is -0.360 e. The largest absolute Gasteiger partial charge is 0.360 e. The summed E-state index contributed by atoms with van der Waals surface area (Å²) < 4.78 is 0. The van der Waals surface area contributed by atoms with Gasteiger partial charge >= 0.3 is 0 Å². The lowest BCUT2D eigenvalue weighted by Gasteiger charge is -2.33. The zero-order chi connectivity index (χ0) is 19.0. The van der Waals surface area contributed by atoms with E-state index < -0.39 is 0 Å². The number of aryl methyl sites for hydroxylation is 3. The van der Waals surface area contributed by atoms with Gasteiger partial charge in [0.1, 0.15) is 6.54 Å². The van der Waals surface area contributed by atoms with Gasteiger partial charge in [-0.2, -0.15) is 0 Å². The van der Waals surface area contributed by atoms with Gasteiger partial charge in [-0.05, 0) is 50.1 Å². The van der Waals surface area contributed by atoms with Crippen LogP contribution in [-0.2, 0) is 6.54 Å². The number of hydrogen-bond donors (Lipinski definition) is 2. The molecule has 1 fully saturated rings. The molecule has 0 amide bonds. The van der Waals surface area contributed by atoms with Gasteiger partial charge in [0.05, 0.1) is 37.3 Å². The van der Waals surface area contributed by atoms with Crippen LogP contribution >= 0.6 is 0 Å². The Labute approximate surface area is 160 Å². The maximum absolute atomic E-state index is 13.2. The maximum Gasteiger partial charge on any atom is 0.198 e. The van der Waals surface area contributed by atoms with Gasteiger partial charge in [0.2, 0.25) is 0 Å². The second-order valence-corrected chi connectivity index (χ2v) is 7.81. The standard InChI is InChI=1S/C23H27N3O/c1-16-13-17(2)22-21(14-16)24-18(3)20(23(22)27)15-25-9-11-26(12-10-25)19-7-5-4-6-8-19/h4-8,13-14H,9-12,15H2,1-3H3,(H,24,27)/p+1. The van der Waals surface area contributed by atoms with Crippen molar-refractivity contribution < 1.29 is 4.90 Å². The Balaban J connectivity index is 1.55. The molecule has 0 aliphatic carbocycles. The maximum atomic E-state index is 13.2. The van der Waals surface area contributed by atoms with E-state index in [2.05, 4.69) is 59.3 Å². The van der Waals surface area contributed by atoms with Gasteiger partial charge in [0.25, 0.3) is 0 Å². The monoisotopic (exact) mass is 362 g/mol. The molecule has 140 valence electrons. The number of para-hydroxylation sites is 1. The summed E-state index contributed by atoms with van der Waals surface area (Å²) in [5, 5.41) is 0.850. The molecule has 3 aromatic rings. The highest BCUT2D eigenvalue weighted by atomic mass is 16.1. The van der Waals surface area contributed by atoms with Crippen molar-refractivity contribution in [1.82, 2.24) is 4.98 Å². The number of aromatic nitrogens is 1. The van der Waals surface area contributed by atoms with Crippen LogP contribution < -0.4 is 15.2 Å². The third kappa shape index (κ3) is 3.50. The van der Waals surface area contributed by atoms with Crippen LogP contribution in [0.15, 0.2) is 47.3 Å². The number of hydrogen-bond acceptors (Lipinski definition) is 2. The number of piperazine rings is 1. The third-order valence-corrected chi connectivity index (χ3v) is 5.77. The molecule has 0 unspecified atom stereocenters. The molecule has 2 N–H and O–H groups in total. The lowest BCUT2D eigenvalue weighted by atomic mass is 10.0. The fraction of sp³-hybridized carbons (Fsp3) is 0.348. The molecule has 4 nitrogen and oxygen atoms in total. The SMILES string of the molecule is Cc1cc(C)c2c(=O)c(C[NH+]3CCN(c4ccccc4)CC3)c(C)[nH]c2c1. The number of quaternary nitrogens is 1. The van der Waals surface area contributed by atoms with E-state index in [1.54, 1.807) is 0 Å². The van der Waals surface area contributed by atoms with Crippen LogP contribution in [0.5, 0.6) is 0 Å². The summed E-state index contributed by atoms with van der Waals surface area (Å²) >= 11 is 0. The summed E-state index contributed by atoms with van der Waals surface area (Å²) in [6.07, 6.45) is 0. The molecule has 4 heteroatoms. The average molecular weight is 362 g/mol. The van der Waals surface area contributed by atoms with Crippen molar-refractivity contribution >= 4 is 16.6 Å². The highest BCUT2D eigenvalue weighted by molar-refractivity contribution is 5.83. The van der Waals surface area contributed by atoms with Crippen LogP contribution in [-0.4, -0.2) is 31.2 Å². The summed E-state index contributed by atoms with van der Waals surface area (Å²) in [5.41, 5.74) is 6.66. The second kappa shape index (κ2) is 7.20. The van der Waals surface area contributed by atoms with Crippen molar-refractivity contribution in [3.05, 3.63) is 75.1 Å². The fourth-order valence-electron chi connectivity index (χ4n) is 4.33. The molecule has 2 aromatic carbocycles. The first-order chi connectivity index (χ1) is 13.0. The minimum atomic E-state index is 0.205. The third-order valence-electron chi connectivity index (χ3n) is 5.77. The molecular formula is C23H28N3O+. The van der Waals surface area contributed by atoms with Crippen LogP contribution in [0.4, 0.5) is 5.69 Å². The molecule has 1 aliphatic heterocycles. The van der Waals surface area contributed by atoms with Crippen molar-refractivity contribution in [3.63, 3.8) is 0 Å². The minimum absolute atomic E-state index is 0.205. The van der Waals surface area contributed by atoms with Crippen LogP contribution in [0.1, 0.15) is 22.4 Å². The number of anilines is 1. The zero-order valence-corrected chi connectivity index (χ0v) is 16.4. The highest BCUT2D eigenvalue weighted by Crippen LogP contribution is 2.18. The predicted octanol–water partition coefficient (Wildman–Crippen LogP) is 2.36. The number of fused-ring (bicyclic) bond motifs is 1. The van der Waals surface area contributed by atoms with E-state index in [4.69, 9.17) is 0 Å². The Bertz CT molecular complexity index is 1020. The molecule has 2 heterocycles. The molecule has 0 radical (unpaired) electrons. The highest BCUT2D eigenvalue weighted by Gasteiger charge is 2.23. The first kappa shape index (κ1) is 17.8. The van der Waals surface area contributed by atoms with Gasteiger partial charge in [-0.15, -0.1) is 0 Å². The lowest BCUT2D eigenvalue weighted by molar-refractivity contribution is -0.914. The number of aromatic amines is 1. The fourth-order valence-corrected chi connectivity index (χ4v) is 4.33. The molecule has 4 rings (SSSR count). The molecule has 0 saturated carbocycles. The molecule has 0 spiro atoms. The van der Waals surface area contributed by atoms with E-state index in [0.717, 1.165) is 60.4 Å². The Kier molecular flexibility index (Phi) is 4.75. The number of benzene rings is 2. The Morgan fingerprint density at radius 2 is 1.74 bits per heavy atom. The quantitative estimate of drug-likeness (QED) is 0.751. The summed E-state index contributed by atoms with van der Waals surface area (Å²) in [7, 11) is 0. The number of pyridine rings is 1. The number of rotatable bonds is 3. The first-order valence-corrected chi connectivity index (χ1v) is 9.79. The van der Waals surface area contributed by atoms with E-state index in [-0.39, 0.29) is 5.43 Å². The first-order valence-electron chi connectivity index (χ1n) is 9.79. The lowest BCUT2D eigenvalue weighted by Crippen LogP contribution is -3.13. The predicted molar refractivity (Wildman–Crippen MR) is 112 cm³/mol. The number of H-pyrrole nitrogens is 1. The Morgan fingerprint density at radius 1 is 1.04 bits per heavy atom. The summed E-state index contributed by atoms with van der Waals surface area (Å²) in [6, 6.07) is 14.8.